The Balaban J connectivity index is 2.68. The van der Waals surface area contributed by atoms with Crippen LogP contribution in [0.15, 0.2) is 0 Å². The third-order valence-electron chi connectivity index (χ3n) is 3.27. The first-order valence-electron chi connectivity index (χ1n) is 6.05. The van der Waals surface area contributed by atoms with Crippen LogP contribution >= 0.6 is 11.8 Å². The molecule has 0 aliphatic carbocycles. The van der Waals surface area contributed by atoms with Gasteiger partial charge in [-0.2, -0.15) is 0 Å². The van der Waals surface area contributed by atoms with Gasteiger partial charge in [0, 0.05) is 24.6 Å². The summed E-state index contributed by atoms with van der Waals surface area (Å²) in [6.07, 6.45) is 1.24. The topological polar surface area (TPSA) is 74.7 Å². The molecular weight excluding hydrogens is 254 g/mol. The second-order valence-electron chi connectivity index (χ2n) is 4.63. The Kier molecular flexibility index (Phi) is 5.19. The van der Waals surface area contributed by atoms with E-state index in [-0.39, 0.29) is 22.2 Å². The fraction of sp³-hybridized carbons (Fsp3) is 0.750. The van der Waals surface area contributed by atoms with Crippen LogP contribution in [0.25, 0.3) is 0 Å². The molecule has 0 aromatic carbocycles. The van der Waals surface area contributed by atoms with E-state index in [1.54, 1.807) is 6.92 Å². The first-order valence-corrected chi connectivity index (χ1v) is 6.93. The van der Waals surface area contributed by atoms with E-state index < -0.39 is 12.0 Å². The van der Waals surface area contributed by atoms with Gasteiger partial charge in [0.1, 0.15) is 6.04 Å². The van der Waals surface area contributed by atoms with Crippen LogP contribution in [0.1, 0.15) is 33.6 Å². The van der Waals surface area contributed by atoms with Crippen molar-refractivity contribution in [1.29, 1.82) is 0 Å². The highest BCUT2D eigenvalue weighted by molar-refractivity contribution is 8.14. The first-order chi connectivity index (χ1) is 8.34. The highest BCUT2D eigenvalue weighted by Crippen LogP contribution is 2.26. The number of carboxylic acids is 1. The number of rotatable bonds is 4. The van der Waals surface area contributed by atoms with Crippen molar-refractivity contribution < 1.29 is 19.5 Å². The third kappa shape index (κ3) is 3.48. The van der Waals surface area contributed by atoms with Crippen molar-refractivity contribution in [3.63, 3.8) is 0 Å². The van der Waals surface area contributed by atoms with E-state index in [2.05, 4.69) is 0 Å². The average Bonchev–Trinajstić information content (AvgIpc) is 2.74. The van der Waals surface area contributed by atoms with Gasteiger partial charge in [-0.05, 0) is 12.8 Å². The summed E-state index contributed by atoms with van der Waals surface area (Å²) in [6.45, 7) is 5.53. The number of hydrogen-bond acceptors (Lipinski definition) is 4. The number of thioether (sulfide) groups is 1. The van der Waals surface area contributed by atoms with Crippen molar-refractivity contribution in [2.24, 2.45) is 5.92 Å². The number of amides is 1. The number of aliphatic carboxylic acids is 1. The molecule has 0 aromatic rings. The molecule has 102 valence electrons. The maximum absolute atomic E-state index is 12.2. The largest absolute Gasteiger partial charge is 0.480 e. The molecule has 1 unspecified atom stereocenters. The smallest absolute Gasteiger partial charge is 0.326 e. The van der Waals surface area contributed by atoms with Crippen LogP contribution in [0.4, 0.5) is 0 Å². The maximum atomic E-state index is 12.2. The van der Waals surface area contributed by atoms with Crippen molar-refractivity contribution in [2.75, 3.05) is 6.54 Å². The third-order valence-corrected chi connectivity index (χ3v) is 4.38. The normalized spacial score (nSPS) is 22.6. The van der Waals surface area contributed by atoms with Gasteiger partial charge < -0.3 is 10.0 Å². The number of carbonyl (C=O) groups excluding carboxylic acids is 2. The lowest BCUT2D eigenvalue weighted by molar-refractivity contribution is -0.149. The molecule has 5 nitrogen and oxygen atoms in total. The summed E-state index contributed by atoms with van der Waals surface area (Å²) in [5.74, 6) is -1.46. The van der Waals surface area contributed by atoms with E-state index >= 15 is 0 Å². The summed E-state index contributed by atoms with van der Waals surface area (Å²) < 4.78 is 0. The van der Waals surface area contributed by atoms with Crippen molar-refractivity contribution >= 4 is 28.8 Å². The Morgan fingerprint density at radius 3 is 2.44 bits per heavy atom. The van der Waals surface area contributed by atoms with Gasteiger partial charge in [0.25, 0.3) is 0 Å². The monoisotopic (exact) mass is 273 g/mol. The zero-order valence-electron chi connectivity index (χ0n) is 10.9. The molecule has 3 atom stereocenters. The van der Waals surface area contributed by atoms with E-state index in [0.717, 1.165) is 18.2 Å². The summed E-state index contributed by atoms with van der Waals surface area (Å²) >= 11 is 1.13. The Labute approximate surface area is 111 Å². The Hall–Kier alpha value is -1.04. The summed E-state index contributed by atoms with van der Waals surface area (Å²) in [5, 5.41) is 8.88. The molecule has 1 aliphatic heterocycles. The lowest BCUT2D eigenvalue weighted by Gasteiger charge is -2.27. The van der Waals surface area contributed by atoms with Gasteiger partial charge in [-0.3, -0.25) is 9.59 Å². The molecule has 1 amide bonds. The zero-order chi connectivity index (χ0) is 13.9. The van der Waals surface area contributed by atoms with Crippen LogP contribution in [0, 0.1) is 5.92 Å². The van der Waals surface area contributed by atoms with E-state index in [4.69, 9.17) is 5.11 Å². The standard InChI is InChI=1S/C12H19NO4S/c1-7(8(2)18-9(3)14)11(15)13-6-4-5-10(13)12(16)17/h7-8,10H,4-6H2,1-3H3,(H,16,17)/t7?,8-,10-/m0/s1. The first kappa shape index (κ1) is 15.0. The molecule has 0 saturated carbocycles. The van der Waals surface area contributed by atoms with E-state index in [1.807, 2.05) is 6.92 Å². The van der Waals surface area contributed by atoms with Crippen molar-refractivity contribution in [1.82, 2.24) is 4.90 Å². The maximum Gasteiger partial charge on any atom is 0.326 e. The van der Waals surface area contributed by atoms with E-state index in [9.17, 15) is 14.4 Å². The molecule has 0 bridgehead atoms. The van der Waals surface area contributed by atoms with Crippen molar-refractivity contribution in [3.8, 4) is 0 Å². The van der Waals surface area contributed by atoms with Gasteiger partial charge in [-0.25, -0.2) is 4.79 Å². The molecule has 0 radical (unpaired) electrons. The van der Waals surface area contributed by atoms with E-state index in [1.165, 1.54) is 11.8 Å². The molecule has 0 aromatic heterocycles. The molecular formula is C12H19NO4S. The van der Waals surface area contributed by atoms with Gasteiger partial charge in [-0.1, -0.05) is 25.6 Å². The molecule has 0 spiro atoms. The van der Waals surface area contributed by atoms with Gasteiger partial charge in [0.05, 0.1) is 0 Å². The van der Waals surface area contributed by atoms with Crippen LogP contribution in [0.3, 0.4) is 0 Å². The Morgan fingerprint density at radius 1 is 1.33 bits per heavy atom. The molecule has 1 rings (SSSR count). The predicted octanol–water partition coefficient (Wildman–Crippen LogP) is 1.37. The summed E-state index contributed by atoms with van der Waals surface area (Å²) in [6, 6.07) is -0.700. The lowest BCUT2D eigenvalue weighted by atomic mass is 10.1. The van der Waals surface area contributed by atoms with Crippen LogP contribution in [0.2, 0.25) is 0 Å². The minimum absolute atomic E-state index is 0.0293. The Morgan fingerprint density at radius 2 is 1.94 bits per heavy atom. The SMILES string of the molecule is CC(=O)S[C@@H](C)C(C)C(=O)N1CCC[C@H]1C(=O)O. The molecule has 1 saturated heterocycles. The molecule has 6 heteroatoms. The molecule has 1 aliphatic rings. The lowest BCUT2D eigenvalue weighted by Crippen LogP contribution is -2.44. The van der Waals surface area contributed by atoms with Gasteiger partial charge >= 0.3 is 5.97 Å². The molecule has 1 heterocycles. The molecule has 1 fully saturated rings. The van der Waals surface area contributed by atoms with Crippen LogP contribution in [0.5, 0.6) is 0 Å². The van der Waals surface area contributed by atoms with Crippen LogP contribution < -0.4 is 0 Å². The second-order valence-corrected chi connectivity index (χ2v) is 6.19. The summed E-state index contributed by atoms with van der Waals surface area (Å²) in [7, 11) is 0. The molecule has 18 heavy (non-hydrogen) atoms. The highest BCUT2D eigenvalue weighted by Gasteiger charge is 2.37. The van der Waals surface area contributed by atoms with Gasteiger partial charge in [-0.15, -0.1) is 0 Å². The fourth-order valence-electron chi connectivity index (χ4n) is 2.11. The quantitative estimate of drug-likeness (QED) is 0.837. The van der Waals surface area contributed by atoms with E-state index in [0.29, 0.717) is 13.0 Å². The second kappa shape index (κ2) is 6.22. The fourth-order valence-corrected chi connectivity index (χ4v) is 2.96. The molecule has 1 N–H and O–H groups in total. The zero-order valence-corrected chi connectivity index (χ0v) is 11.7. The van der Waals surface area contributed by atoms with Crippen LogP contribution in [-0.4, -0.2) is 44.8 Å². The minimum Gasteiger partial charge on any atom is -0.480 e. The highest BCUT2D eigenvalue weighted by atomic mass is 32.2. The van der Waals surface area contributed by atoms with Crippen LogP contribution in [-0.2, 0) is 14.4 Å². The number of likely N-dealkylation sites (tertiary alicyclic amines) is 1. The van der Waals surface area contributed by atoms with Crippen molar-refractivity contribution in [3.05, 3.63) is 0 Å². The number of carboxylic acid groups (broad SMARTS) is 1. The van der Waals surface area contributed by atoms with Gasteiger partial charge in [0.2, 0.25) is 5.91 Å². The number of carbonyl (C=O) groups is 3. The number of hydrogen-bond donors (Lipinski definition) is 1. The Bertz CT molecular complexity index is 358. The minimum atomic E-state index is -0.945. The summed E-state index contributed by atoms with van der Waals surface area (Å²) in [4.78, 5) is 35.7. The predicted molar refractivity (Wildman–Crippen MR) is 69.3 cm³/mol. The number of nitrogens with zero attached hydrogens (tertiary/aromatic N) is 1. The van der Waals surface area contributed by atoms with Crippen molar-refractivity contribution in [2.45, 2.75) is 44.9 Å². The summed E-state index contributed by atoms with van der Waals surface area (Å²) in [5.41, 5.74) is 0. The average molecular weight is 273 g/mol. The van der Waals surface area contributed by atoms with Gasteiger partial charge in [0.15, 0.2) is 5.12 Å².